The fourth-order valence-corrected chi connectivity index (χ4v) is 2.57. The molecule has 3 nitrogen and oxygen atoms in total. The third kappa shape index (κ3) is 4.69. The number of alkyl halides is 3. The molecule has 1 aliphatic rings. The minimum Gasteiger partial charge on any atom is -0.350 e. The Morgan fingerprint density at radius 3 is 2.32 bits per heavy atom. The highest BCUT2D eigenvalue weighted by Gasteiger charge is 2.45. The summed E-state index contributed by atoms with van der Waals surface area (Å²) in [5.74, 6) is -1.19. The first-order valence-electron chi connectivity index (χ1n) is 7.46. The second-order valence-electron chi connectivity index (χ2n) is 5.78. The van der Waals surface area contributed by atoms with E-state index in [9.17, 15) is 13.2 Å². The lowest BCUT2D eigenvalue weighted by atomic mass is 10.0. The van der Waals surface area contributed by atoms with E-state index in [1.807, 2.05) is 18.2 Å². The molecule has 1 heterocycles. The summed E-state index contributed by atoms with van der Waals surface area (Å²) in [6.07, 6.45) is -3.93. The average molecular weight is 317 g/mol. The van der Waals surface area contributed by atoms with Crippen molar-refractivity contribution in [1.29, 1.82) is 0 Å². The fourth-order valence-electron chi connectivity index (χ4n) is 2.57. The smallest absolute Gasteiger partial charge is 0.350 e. The van der Waals surface area contributed by atoms with Crippen LogP contribution in [0.2, 0.25) is 0 Å². The third-order valence-electron chi connectivity index (χ3n) is 3.82. The van der Waals surface area contributed by atoms with Crippen LogP contribution in [0.3, 0.4) is 0 Å². The molecule has 1 fully saturated rings. The van der Waals surface area contributed by atoms with E-state index in [-0.39, 0.29) is 6.42 Å². The summed E-state index contributed by atoms with van der Waals surface area (Å²) in [5, 5.41) is 2.66. The number of benzene rings is 1. The highest BCUT2D eigenvalue weighted by atomic mass is 19.4. The number of rotatable bonds is 5. The van der Waals surface area contributed by atoms with Crippen molar-refractivity contribution in [3.8, 4) is 0 Å². The summed E-state index contributed by atoms with van der Waals surface area (Å²) < 4.78 is 50.9. The van der Waals surface area contributed by atoms with Gasteiger partial charge in [-0.05, 0) is 25.8 Å². The molecule has 0 bridgehead atoms. The maximum atomic E-state index is 13.3. The average Bonchev–Trinajstić information content (AvgIpc) is 2.47. The Morgan fingerprint density at radius 2 is 1.77 bits per heavy atom. The molecule has 1 N–H and O–H groups in total. The molecule has 124 valence electrons. The monoisotopic (exact) mass is 317 g/mol. The van der Waals surface area contributed by atoms with Crippen LogP contribution in [0.4, 0.5) is 13.2 Å². The highest BCUT2D eigenvalue weighted by molar-refractivity contribution is 5.18. The molecule has 0 aliphatic carbocycles. The van der Waals surface area contributed by atoms with E-state index < -0.39 is 24.0 Å². The van der Waals surface area contributed by atoms with E-state index >= 15 is 0 Å². The first kappa shape index (κ1) is 17.2. The van der Waals surface area contributed by atoms with Crippen LogP contribution >= 0.6 is 0 Å². The number of ether oxygens (including phenoxy) is 2. The van der Waals surface area contributed by atoms with Crippen molar-refractivity contribution >= 4 is 0 Å². The van der Waals surface area contributed by atoms with Gasteiger partial charge in [0.1, 0.15) is 6.04 Å². The van der Waals surface area contributed by atoms with Crippen molar-refractivity contribution < 1.29 is 22.6 Å². The summed E-state index contributed by atoms with van der Waals surface area (Å²) in [7, 11) is 0. The van der Waals surface area contributed by atoms with Gasteiger partial charge in [-0.2, -0.15) is 13.2 Å². The van der Waals surface area contributed by atoms with Gasteiger partial charge in [-0.3, -0.25) is 5.32 Å². The molecule has 2 atom stereocenters. The zero-order chi connectivity index (χ0) is 16.2. The minimum atomic E-state index is -4.36. The van der Waals surface area contributed by atoms with E-state index in [1.165, 1.54) is 0 Å². The van der Waals surface area contributed by atoms with Gasteiger partial charge in [0.05, 0.1) is 13.2 Å². The molecule has 0 radical (unpaired) electrons. The summed E-state index contributed by atoms with van der Waals surface area (Å²) in [5.41, 5.74) is 0.812. The standard InChI is InChI=1S/C16H22F3NO2/c1-12(13-7-4-3-5-8-13)20-14(16(17,18)19)11-15(2)21-9-6-10-22-15/h3-5,7-8,12,14,20H,6,9-11H2,1-2H3/t12-,14?/m1/s1. The predicted octanol–water partition coefficient (Wildman–Crippen LogP) is 3.81. The summed E-state index contributed by atoms with van der Waals surface area (Å²) in [6, 6.07) is 6.96. The van der Waals surface area contributed by atoms with Crippen molar-refractivity contribution in [1.82, 2.24) is 5.32 Å². The Bertz CT molecular complexity index is 458. The largest absolute Gasteiger partial charge is 0.404 e. The van der Waals surface area contributed by atoms with Crippen molar-refractivity contribution in [2.75, 3.05) is 13.2 Å². The van der Waals surface area contributed by atoms with Crippen LogP contribution < -0.4 is 5.32 Å². The van der Waals surface area contributed by atoms with Gasteiger partial charge < -0.3 is 9.47 Å². The van der Waals surface area contributed by atoms with E-state index in [0.717, 1.165) is 5.56 Å². The summed E-state index contributed by atoms with van der Waals surface area (Å²) >= 11 is 0. The maximum Gasteiger partial charge on any atom is 0.404 e. The molecular weight excluding hydrogens is 295 g/mol. The van der Waals surface area contributed by atoms with Gasteiger partial charge in [-0.25, -0.2) is 0 Å². The molecule has 1 aromatic carbocycles. The number of hydrogen-bond donors (Lipinski definition) is 1. The maximum absolute atomic E-state index is 13.3. The van der Waals surface area contributed by atoms with Crippen LogP contribution in [0, 0.1) is 0 Å². The first-order chi connectivity index (χ1) is 10.3. The van der Waals surface area contributed by atoms with Crippen molar-refractivity contribution in [3.05, 3.63) is 35.9 Å². The molecule has 0 aromatic heterocycles. The number of nitrogens with one attached hydrogen (secondary N) is 1. The molecule has 6 heteroatoms. The number of hydrogen-bond acceptors (Lipinski definition) is 3. The fraction of sp³-hybridized carbons (Fsp3) is 0.625. The second kappa shape index (κ2) is 6.98. The Labute approximate surface area is 128 Å². The lowest BCUT2D eigenvalue weighted by molar-refractivity contribution is -0.276. The van der Waals surface area contributed by atoms with Crippen LogP contribution in [0.1, 0.15) is 38.3 Å². The normalized spacial score (nSPS) is 21.3. The van der Waals surface area contributed by atoms with Crippen molar-refractivity contribution in [3.63, 3.8) is 0 Å². The van der Waals surface area contributed by atoms with Crippen LogP contribution in [0.15, 0.2) is 30.3 Å². The lowest BCUT2D eigenvalue weighted by Gasteiger charge is -2.38. The van der Waals surface area contributed by atoms with Crippen molar-refractivity contribution in [2.45, 2.75) is 50.7 Å². The Balaban J connectivity index is 2.06. The molecule has 1 aromatic rings. The summed E-state index contributed by atoms with van der Waals surface area (Å²) in [4.78, 5) is 0. The van der Waals surface area contributed by atoms with E-state index in [0.29, 0.717) is 19.6 Å². The Kier molecular flexibility index (Phi) is 5.47. The van der Waals surface area contributed by atoms with Gasteiger partial charge in [-0.15, -0.1) is 0 Å². The molecule has 0 amide bonds. The Morgan fingerprint density at radius 1 is 1.18 bits per heavy atom. The molecule has 22 heavy (non-hydrogen) atoms. The van der Waals surface area contributed by atoms with Gasteiger partial charge in [0.2, 0.25) is 0 Å². The van der Waals surface area contributed by atoms with Gasteiger partial charge in [0.25, 0.3) is 0 Å². The van der Waals surface area contributed by atoms with Gasteiger partial charge in [0.15, 0.2) is 5.79 Å². The zero-order valence-corrected chi connectivity index (χ0v) is 12.8. The molecule has 1 aliphatic heterocycles. The van der Waals surface area contributed by atoms with E-state index in [1.54, 1.807) is 26.0 Å². The van der Waals surface area contributed by atoms with Crippen LogP contribution in [-0.2, 0) is 9.47 Å². The Hall–Kier alpha value is -1.11. The number of halogens is 3. The van der Waals surface area contributed by atoms with E-state index in [2.05, 4.69) is 5.32 Å². The second-order valence-corrected chi connectivity index (χ2v) is 5.78. The van der Waals surface area contributed by atoms with E-state index in [4.69, 9.17) is 9.47 Å². The summed E-state index contributed by atoms with van der Waals surface area (Å²) in [6.45, 7) is 4.14. The minimum absolute atomic E-state index is 0.270. The zero-order valence-electron chi connectivity index (χ0n) is 12.8. The van der Waals surface area contributed by atoms with Crippen LogP contribution in [0.5, 0.6) is 0 Å². The predicted molar refractivity (Wildman–Crippen MR) is 77.4 cm³/mol. The van der Waals surface area contributed by atoms with Gasteiger partial charge in [-0.1, -0.05) is 30.3 Å². The molecule has 1 saturated heterocycles. The topological polar surface area (TPSA) is 30.5 Å². The first-order valence-corrected chi connectivity index (χ1v) is 7.46. The SMILES string of the molecule is C[C@@H](NC(CC1(C)OCCCO1)C(F)(F)F)c1ccccc1. The molecule has 0 spiro atoms. The van der Waals surface area contributed by atoms with Gasteiger partial charge in [0, 0.05) is 12.5 Å². The molecule has 2 rings (SSSR count). The molecule has 0 saturated carbocycles. The van der Waals surface area contributed by atoms with Crippen molar-refractivity contribution in [2.24, 2.45) is 0 Å². The lowest BCUT2D eigenvalue weighted by Crippen LogP contribution is -2.51. The molecule has 1 unspecified atom stereocenters. The highest BCUT2D eigenvalue weighted by Crippen LogP contribution is 2.32. The quantitative estimate of drug-likeness (QED) is 0.896. The molecular formula is C16H22F3NO2. The van der Waals surface area contributed by atoms with Crippen LogP contribution in [0.25, 0.3) is 0 Å². The van der Waals surface area contributed by atoms with Gasteiger partial charge >= 0.3 is 6.18 Å². The van der Waals surface area contributed by atoms with Crippen LogP contribution in [-0.4, -0.2) is 31.2 Å². The third-order valence-corrected chi connectivity index (χ3v) is 3.82.